The van der Waals surface area contributed by atoms with Gasteiger partial charge >= 0.3 is 0 Å². The molecular formula is C16H12ClN3O2. The SMILES string of the molecule is CC(=O)Nc1ccc2c(-c3ccc(O)cc3)cc(Cl)nc2n1. The van der Waals surface area contributed by atoms with Crippen LogP contribution in [0.15, 0.2) is 42.5 Å². The molecule has 2 heterocycles. The average molecular weight is 314 g/mol. The fraction of sp³-hybridized carbons (Fsp3) is 0.0625. The molecule has 0 aliphatic heterocycles. The number of anilines is 1. The Hall–Kier alpha value is -2.66. The molecule has 0 saturated carbocycles. The fourth-order valence-corrected chi connectivity index (χ4v) is 2.39. The third-order valence-corrected chi connectivity index (χ3v) is 3.32. The van der Waals surface area contributed by atoms with Crippen molar-refractivity contribution in [2.75, 3.05) is 5.32 Å². The molecule has 3 rings (SSSR count). The average Bonchev–Trinajstić information content (AvgIpc) is 2.46. The first-order valence-electron chi connectivity index (χ1n) is 6.57. The molecule has 0 fully saturated rings. The number of aromatic hydroxyl groups is 1. The van der Waals surface area contributed by atoms with Gasteiger partial charge in [-0.1, -0.05) is 23.7 Å². The number of phenolic OH excluding ortho intramolecular Hbond substituents is 1. The van der Waals surface area contributed by atoms with Gasteiger partial charge in [0.1, 0.15) is 16.7 Å². The number of nitrogens with one attached hydrogen (secondary N) is 1. The van der Waals surface area contributed by atoms with Crippen LogP contribution in [0.25, 0.3) is 22.2 Å². The molecule has 0 bridgehead atoms. The molecule has 3 aromatic rings. The summed E-state index contributed by atoms with van der Waals surface area (Å²) in [7, 11) is 0. The minimum Gasteiger partial charge on any atom is -0.508 e. The maximum atomic E-state index is 11.1. The number of hydrogen-bond acceptors (Lipinski definition) is 4. The van der Waals surface area contributed by atoms with E-state index >= 15 is 0 Å². The number of benzene rings is 1. The monoisotopic (exact) mass is 313 g/mol. The van der Waals surface area contributed by atoms with Crippen molar-refractivity contribution in [2.24, 2.45) is 0 Å². The van der Waals surface area contributed by atoms with Gasteiger partial charge in [0.15, 0.2) is 5.65 Å². The summed E-state index contributed by atoms with van der Waals surface area (Å²) >= 11 is 6.08. The number of phenols is 1. The lowest BCUT2D eigenvalue weighted by Gasteiger charge is -2.09. The van der Waals surface area contributed by atoms with Gasteiger partial charge in [0, 0.05) is 12.3 Å². The van der Waals surface area contributed by atoms with Crippen LogP contribution in [0.4, 0.5) is 5.82 Å². The third kappa shape index (κ3) is 2.84. The van der Waals surface area contributed by atoms with Gasteiger partial charge in [-0.3, -0.25) is 4.79 Å². The first kappa shape index (κ1) is 14.3. The van der Waals surface area contributed by atoms with E-state index in [-0.39, 0.29) is 11.7 Å². The Bertz CT molecular complexity index is 863. The Kier molecular flexibility index (Phi) is 3.65. The Morgan fingerprint density at radius 3 is 2.55 bits per heavy atom. The molecule has 22 heavy (non-hydrogen) atoms. The zero-order valence-electron chi connectivity index (χ0n) is 11.7. The summed E-state index contributed by atoms with van der Waals surface area (Å²) in [6.07, 6.45) is 0. The van der Waals surface area contributed by atoms with Gasteiger partial charge in [0.25, 0.3) is 0 Å². The van der Waals surface area contributed by atoms with Gasteiger partial charge in [-0.05, 0) is 41.5 Å². The summed E-state index contributed by atoms with van der Waals surface area (Å²) in [5, 5.41) is 13.1. The number of carbonyl (C=O) groups is 1. The smallest absolute Gasteiger partial charge is 0.222 e. The molecule has 6 heteroatoms. The summed E-state index contributed by atoms with van der Waals surface area (Å²) < 4.78 is 0. The lowest BCUT2D eigenvalue weighted by molar-refractivity contribution is -0.114. The van der Waals surface area contributed by atoms with Crippen LogP contribution in [0, 0.1) is 0 Å². The number of halogens is 1. The predicted octanol–water partition coefficient (Wildman–Crippen LogP) is 3.61. The van der Waals surface area contributed by atoms with Crippen molar-refractivity contribution in [3.8, 4) is 16.9 Å². The lowest BCUT2D eigenvalue weighted by atomic mass is 10.0. The van der Waals surface area contributed by atoms with Gasteiger partial charge in [0.2, 0.25) is 5.91 Å². The molecule has 0 spiro atoms. The van der Waals surface area contributed by atoms with Crippen molar-refractivity contribution >= 4 is 34.4 Å². The van der Waals surface area contributed by atoms with E-state index in [1.54, 1.807) is 36.4 Å². The first-order chi connectivity index (χ1) is 10.5. The van der Waals surface area contributed by atoms with Crippen molar-refractivity contribution < 1.29 is 9.90 Å². The minimum atomic E-state index is -0.201. The first-order valence-corrected chi connectivity index (χ1v) is 6.95. The third-order valence-electron chi connectivity index (χ3n) is 3.12. The number of carbonyl (C=O) groups excluding carboxylic acids is 1. The molecule has 0 radical (unpaired) electrons. The quantitative estimate of drug-likeness (QED) is 0.709. The molecule has 110 valence electrons. The number of rotatable bonds is 2. The highest BCUT2D eigenvalue weighted by molar-refractivity contribution is 6.30. The maximum absolute atomic E-state index is 11.1. The molecule has 0 atom stereocenters. The summed E-state index contributed by atoms with van der Waals surface area (Å²) in [5.41, 5.74) is 2.19. The Morgan fingerprint density at radius 1 is 1.14 bits per heavy atom. The van der Waals surface area contributed by atoms with Gasteiger partial charge in [-0.25, -0.2) is 9.97 Å². The van der Waals surface area contributed by atoms with Crippen molar-refractivity contribution in [3.05, 3.63) is 47.6 Å². The number of hydrogen-bond donors (Lipinski definition) is 2. The number of pyridine rings is 2. The van der Waals surface area contributed by atoms with Crippen molar-refractivity contribution in [1.29, 1.82) is 0 Å². The Morgan fingerprint density at radius 2 is 1.86 bits per heavy atom. The maximum Gasteiger partial charge on any atom is 0.222 e. The minimum absolute atomic E-state index is 0.194. The van der Waals surface area contributed by atoms with E-state index in [9.17, 15) is 9.90 Å². The van der Waals surface area contributed by atoms with Crippen LogP contribution in [0.1, 0.15) is 6.92 Å². The van der Waals surface area contributed by atoms with Crippen LogP contribution in [0.3, 0.4) is 0 Å². The van der Waals surface area contributed by atoms with Gasteiger partial charge in [-0.2, -0.15) is 0 Å². The van der Waals surface area contributed by atoms with E-state index in [0.29, 0.717) is 16.6 Å². The Balaban J connectivity index is 2.18. The number of nitrogens with zero attached hydrogens (tertiary/aromatic N) is 2. The van der Waals surface area contributed by atoms with E-state index in [4.69, 9.17) is 11.6 Å². The second kappa shape index (κ2) is 5.61. The van der Waals surface area contributed by atoms with E-state index in [1.165, 1.54) is 6.92 Å². The van der Waals surface area contributed by atoms with Crippen molar-refractivity contribution in [2.45, 2.75) is 6.92 Å². The largest absolute Gasteiger partial charge is 0.508 e. The van der Waals surface area contributed by atoms with Crippen LogP contribution in [-0.2, 0) is 4.79 Å². The van der Waals surface area contributed by atoms with E-state index in [0.717, 1.165) is 16.5 Å². The van der Waals surface area contributed by atoms with Crippen LogP contribution in [0.5, 0.6) is 5.75 Å². The highest BCUT2D eigenvalue weighted by Gasteiger charge is 2.10. The zero-order valence-corrected chi connectivity index (χ0v) is 12.4. The number of amides is 1. The highest BCUT2D eigenvalue weighted by atomic mass is 35.5. The molecule has 2 aromatic heterocycles. The molecular weight excluding hydrogens is 302 g/mol. The Labute approximate surface area is 131 Å². The summed E-state index contributed by atoms with van der Waals surface area (Å²) in [6, 6.07) is 12.1. The molecule has 5 nitrogen and oxygen atoms in total. The number of aromatic nitrogens is 2. The lowest BCUT2D eigenvalue weighted by Crippen LogP contribution is -2.07. The second-order valence-corrected chi connectivity index (χ2v) is 5.18. The molecule has 0 saturated heterocycles. The summed E-state index contributed by atoms with van der Waals surface area (Å²) in [4.78, 5) is 19.6. The fourth-order valence-electron chi connectivity index (χ4n) is 2.20. The van der Waals surface area contributed by atoms with Gasteiger partial charge < -0.3 is 10.4 Å². The van der Waals surface area contributed by atoms with Crippen LogP contribution in [0.2, 0.25) is 5.15 Å². The van der Waals surface area contributed by atoms with E-state index < -0.39 is 0 Å². The molecule has 1 amide bonds. The van der Waals surface area contributed by atoms with Crippen LogP contribution >= 0.6 is 11.6 Å². The second-order valence-electron chi connectivity index (χ2n) is 4.79. The summed E-state index contributed by atoms with van der Waals surface area (Å²) in [5.74, 6) is 0.415. The summed E-state index contributed by atoms with van der Waals surface area (Å²) in [6.45, 7) is 1.42. The van der Waals surface area contributed by atoms with E-state index in [2.05, 4.69) is 15.3 Å². The predicted molar refractivity (Wildman–Crippen MR) is 86.0 cm³/mol. The van der Waals surface area contributed by atoms with Crippen LogP contribution in [-0.4, -0.2) is 21.0 Å². The standard InChI is InChI=1S/C16H12ClN3O2/c1-9(21)18-15-7-6-12-13(8-14(17)19-16(12)20-15)10-2-4-11(22)5-3-10/h2-8,22H,1H3,(H,18,19,20,21). The topological polar surface area (TPSA) is 75.1 Å². The van der Waals surface area contributed by atoms with Crippen LogP contribution < -0.4 is 5.32 Å². The zero-order chi connectivity index (χ0) is 15.7. The molecule has 0 aliphatic rings. The van der Waals surface area contributed by atoms with Gasteiger partial charge in [0.05, 0.1) is 0 Å². The molecule has 0 aliphatic carbocycles. The number of fused-ring (bicyclic) bond motifs is 1. The molecule has 0 unspecified atom stereocenters. The molecule has 2 N–H and O–H groups in total. The molecule has 1 aromatic carbocycles. The van der Waals surface area contributed by atoms with Crippen molar-refractivity contribution in [1.82, 2.24) is 9.97 Å². The van der Waals surface area contributed by atoms with E-state index in [1.807, 2.05) is 6.07 Å². The van der Waals surface area contributed by atoms with Gasteiger partial charge in [-0.15, -0.1) is 0 Å². The normalized spacial score (nSPS) is 10.6. The highest BCUT2D eigenvalue weighted by Crippen LogP contribution is 2.31. The van der Waals surface area contributed by atoms with Crippen molar-refractivity contribution in [3.63, 3.8) is 0 Å².